The van der Waals surface area contributed by atoms with E-state index in [0.29, 0.717) is 6.61 Å². The van der Waals surface area contributed by atoms with E-state index in [1.165, 1.54) is 16.3 Å². The van der Waals surface area contributed by atoms with E-state index in [1.807, 2.05) is 6.07 Å². The van der Waals surface area contributed by atoms with Gasteiger partial charge in [-0.2, -0.15) is 0 Å². The van der Waals surface area contributed by atoms with Crippen molar-refractivity contribution in [1.29, 1.82) is 0 Å². The van der Waals surface area contributed by atoms with E-state index in [-0.39, 0.29) is 13.2 Å². The van der Waals surface area contributed by atoms with Crippen molar-refractivity contribution in [2.45, 2.75) is 18.9 Å². The van der Waals surface area contributed by atoms with Crippen LogP contribution in [-0.4, -0.2) is 36.1 Å². The highest BCUT2D eigenvalue weighted by Crippen LogP contribution is 2.19. The zero-order valence-corrected chi connectivity index (χ0v) is 11.0. The molecule has 0 aliphatic rings. The van der Waals surface area contributed by atoms with E-state index >= 15 is 0 Å². The van der Waals surface area contributed by atoms with Crippen molar-refractivity contribution in [3.63, 3.8) is 0 Å². The van der Waals surface area contributed by atoms with Gasteiger partial charge < -0.3 is 14.9 Å². The average molecular weight is 260 g/mol. The molecule has 2 aromatic carbocycles. The molecule has 2 N–H and O–H groups in total. The van der Waals surface area contributed by atoms with Crippen molar-refractivity contribution in [2.75, 3.05) is 19.8 Å². The predicted octanol–water partition coefficient (Wildman–Crippen LogP) is 2.14. The minimum Gasteiger partial charge on any atom is -0.394 e. The molecule has 0 heterocycles. The summed E-state index contributed by atoms with van der Waals surface area (Å²) in [7, 11) is 0. The number of hydrogen-bond acceptors (Lipinski definition) is 3. The van der Waals surface area contributed by atoms with E-state index in [0.717, 1.165) is 12.8 Å². The minimum atomic E-state index is -0.766. The second kappa shape index (κ2) is 7.24. The third-order valence-corrected chi connectivity index (χ3v) is 3.14. The SMILES string of the molecule is OCC(O)COCCCc1cccc2ccccc12. The summed E-state index contributed by atoms with van der Waals surface area (Å²) < 4.78 is 5.31. The minimum absolute atomic E-state index is 0.200. The Morgan fingerprint density at radius 1 is 1.05 bits per heavy atom. The van der Waals surface area contributed by atoms with Crippen LogP contribution in [0.5, 0.6) is 0 Å². The van der Waals surface area contributed by atoms with Crippen molar-refractivity contribution in [2.24, 2.45) is 0 Å². The lowest BCUT2D eigenvalue weighted by Gasteiger charge is -2.09. The van der Waals surface area contributed by atoms with Gasteiger partial charge in [-0.05, 0) is 29.2 Å². The average Bonchev–Trinajstić information content (AvgIpc) is 2.46. The molecule has 2 rings (SSSR count). The lowest BCUT2D eigenvalue weighted by Crippen LogP contribution is -2.19. The van der Waals surface area contributed by atoms with Crippen molar-refractivity contribution in [3.05, 3.63) is 48.0 Å². The Morgan fingerprint density at radius 2 is 1.84 bits per heavy atom. The number of aliphatic hydroxyl groups is 2. The lowest BCUT2D eigenvalue weighted by atomic mass is 10.0. The molecule has 19 heavy (non-hydrogen) atoms. The van der Waals surface area contributed by atoms with Crippen LogP contribution in [0.25, 0.3) is 10.8 Å². The molecule has 1 unspecified atom stereocenters. The smallest absolute Gasteiger partial charge is 0.100 e. The molecular formula is C16H20O3. The summed E-state index contributed by atoms with van der Waals surface area (Å²) in [6.07, 6.45) is 1.10. The zero-order chi connectivity index (χ0) is 13.5. The van der Waals surface area contributed by atoms with Crippen LogP contribution in [-0.2, 0) is 11.2 Å². The molecule has 0 aliphatic carbocycles. The van der Waals surface area contributed by atoms with Crippen LogP contribution in [0.4, 0.5) is 0 Å². The summed E-state index contributed by atoms with van der Waals surface area (Å²) in [5.41, 5.74) is 1.32. The van der Waals surface area contributed by atoms with E-state index in [4.69, 9.17) is 14.9 Å². The molecule has 0 fully saturated rings. The third-order valence-electron chi connectivity index (χ3n) is 3.14. The summed E-state index contributed by atoms with van der Waals surface area (Å²) in [5, 5.41) is 20.4. The van der Waals surface area contributed by atoms with Crippen LogP contribution >= 0.6 is 0 Å². The summed E-state index contributed by atoms with van der Waals surface area (Å²) >= 11 is 0. The van der Waals surface area contributed by atoms with Crippen LogP contribution in [0.3, 0.4) is 0 Å². The summed E-state index contributed by atoms with van der Waals surface area (Å²) in [6, 6.07) is 14.7. The van der Waals surface area contributed by atoms with E-state index in [2.05, 4.69) is 36.4 Å². The Hall–Kier alpha value is -1.42. The molecule has 0 aromatic heterocycles. The van der Waals surface area contributed by atoms with Crippen molar-refractivity contribution < 1.29 is 14.9 Å². The van der Waals surface area contributed by atoms with Gasteiger partial charge in [0.1, 0.15) is 6.10 Å². The number of hydrogen-bond donors (Lipinski definition) is 2. The van der Waals surface area contributed by atoms with E-state index < -0.39 is 6.10 Å². The second-order valence-corrected chi connectivity index (χ2v) is 4.65. The predicted molar refractivity (Wildman–Crippen MR) is 76.2 cm³/mol. The molecule has 0 saturated heterocycles. The maximum atomic E-state index is 9.14. The van der Waals surface area contributed by atoms with E-state index in [1.54, 1.807) is 0 Å². The fraction of sp³-hybridized carbons (Fsp3) is 0.375. The fourth-order valence-corrected chi connectivity index (χ4v) is 2.15. The highest BCUT2D eigenvalue weighted by atomic mass is 16.5. The first-order valence-electron chi connectivity index (χ1n) is 6.64. The third kappa shape index (κ3) is 4.03. The largest absolute Gasteiger partial charge is 0.394 e. The van der Waals surface area contributed by atoms with Crippen molar-refractivity contribution in [1.82, 2.24) is 0 Å². The van der Waals surface area contributed by atoms with Crippen LogP contribution in [0.2, 0.25) is 0 Å². The molecule has 0 radical (unpaired) electrons. The van der Waals surface area contributed by atoms with Gasteiger partial charge in [-0.3, -0.25) is 0 Å². The molecule has 3 heteroatoms. The van der Waals surface area contributed by atoms with E-state index in [9.17, 15) is 0 Å². The highest BCUT2D eigenvalue weighted by molar-refractivity contribution is 5.85. The number of rotatable bonds is 7. The Morgan fingerprint density at radius 3 is 2.68 bits per heavy atom. The summed E-state index contributed by atoms with van der Waals surface area (Å²) in [4.78, 5) is 0. The standard InChI is InChI=1S/C16H20O3/c17-11-15(18)12-19-10-4-8-14-7-3-6-13-5-1-2-9-16(13)14/h1-3,5-7,9,15,17-18H,4,8,10-12H2. The van der Waals surface area contributed by atoms with Gasteiger partial charge in [0.25, 0.3) is 0 Å². The quantitative estimate of drug-likeness (QED) is 0.750. The molecule has 1 atom stereocenters. The molecule has 3 nitrogen and oxygen atoms in total. The molecule has 0 spiro atoms. The Balaban J connectivity index is 1.85. The Bertz CT molecular complexity index is 505. The molecule has 0 amide bonds. The zero-order valence-electron chi connectivity index (χ0n) is 11.0. The van der Waals surface area contributed by atoms with Gasteiger partial charge >= 0.3 is 0 Å². The highest BCUT2D eigenvalue weighted by Gasteiger charge is 2.02. The van der Waals surface area contributed by atoms with Gasteiger partial charge in [0, 0.05) is 6.61 Å². The molecule has 2 aromatic rings. The maximum Gasteiger partial charge on any atom is 0.100 e. The van der Waals surface area contributed by atoms with Gasteiger partial charge in [-0.1, -0.05) is 42.5 Å². The van der Waals surface area contributed by atoms with Crippen LogP contribution < -0.4 is 0 Å². The fourth-order valence-electron chi connectivity index (χ4n) is 2.15. The van der Waals surface area contributed by atoms with Gasteiger partial charge in [-0.15, -0.1) is 0 Å². The number of benzene rings is 2. The number of aryl methyl sites for hydroxylation is 1. The van der Waals surface area contributed by atoms with Crippen LogP contribution in [0, 0.1) is 0 Å². The maximum absolute atomic E-state index is 9.14. The molecular weight excluding hydrogens is 240 g/mol. The first kappa shape index (κ1) is 14.0. The second-order valence-electron chi connectivity index (χ2n) is 4.65. The van der Waals surface area contributed by atoms with Crippen molar-refractivity contribution >= 4 is 10.8 Å². The summed E-state index contributed by atoms with van der Waals surface area (Å²) in [6.45, 7) is 0.551. The van der Waals surface area contributed by atoms with Gasteiger partial charge in [0.2, 0.25) is 0 Å². The molecule has 102 valence electrons. The summed E-state index contributed by atoms with van der Waals surface area (Å²) in [5.74, 6) is 0. The number of fused-ring (bicyclic) bond motifs is 1. The lowest BCUT2D eigenvalue weighted by molar-refractivity contribution is 0.00576. The molecule has 0 aliphatic heterocycles. The Kier molecular flexibility index (Phi) is 5.33. The van der Waals surface area contributed by atoms with Crippen molar-refractivity contribution in [3.8, 4) is 0 Å². The van der Waals surface area contributed by atoms with Gasteiger partial charge in [0.15, 0.2) is 0 Å². The number of aliphatic hydroxyl groups excluding tert-OH is 2. The normalized spacial score (nSPS) is 12.7. The topological polar surface area (TPSA) is 49.7 Å². The number of ether oxygens (including phenoxy) is 1. The molecule has 0 saturated carbocycles. The van der Waals surface area contributed by atoms with Gasteiger partial charge in [-0.25, -0.2) is 0 Å². The monoisotopic (exact) mass is 260 g/mol. The first-order valence-corrected chi connectivity index (χ1v) is 6.64. The van der Waals surface area contributed by atoms with Crippen LogP contribution in [0.1, 0.15) is 12.0 Å². The molecule has 0 bridgehead atoms. The van der Waals surface area contributed by atoms with Gasteiger partial charge in [0.05, 0.1) is 13.2 Å². The Labute approximate surface area is 113 Å². The first-order chi connectivity index (χ1) is 9.31. The van der Waals surface area contributed by atoms with Crippen LogP contribution in [0.15, 0.2) is 42.5 Å².